The highest BCUT2D eigenvalue weighted by atomic mass is 19.1. The first-order valence-corrected chi connectivity index (χ1v) is 7.07. The van der Waals surface area contributed by atoms with Crippen molar-refractivity contribution in [1.29, 1.82) is 0 Å². The minimum absolute atomic E-state index is 0.209. The van der Waals surface area contributed by atoms with Gasteiger partial charge in [-0.2, -0.15) is 0 Å². The van der Waals surface area contributed by atoms with E-state index in [9.17, 15) is 4.39 Å². The zero-order valence-corrected chi connectivity index (χ0v) is 12.1. The SMILES string of the molecule is CCC1CN(Cc2cc(F)cc(B(O)O)c2)CCN1C. The second kappa shape index (κ2) is 6.67. The number of benzene rings is 1. The molecule has 6 heteroatoms. The van der Waals surface area contributed by atoms with Crippen LogP contribution in [0.1, 0.15) is 18.9 Å². The van der Waals surface area contributed by atoms with Crippen LogP contribution in [0.25, 0.3) is 0 Å². The second-order valence-corrected chi connectivity index (χ2v) is 5.54. The van der Waals surface area contributed by atoms with Gasteiger partial charge in [0.1, 0.15) is 5.82 Å². The third-order valence-electron chi connectivity index (χ3n) is 4.02. The van der Waals surface area contributed by atoms with Gasteiger partial charge in [-0.05, 0) is 36.6 Å². The molecule has 1 aliphatic rings. The molecular weight excluding hydrogens is 258 g/mol. The quantitative estimate of drug-likeness (QED) is 0.764. The van der Waals surface area contributed by atoms with Crippen molar-refractivity contribution in [3.8, 4) is 0 Å². The van der Waals surface area contributed by atoms with E-state index in [1.807, 2.05) is 0 Å². The van der Waals surface area contributed by atoms with Crippen LogP contribution in [0, 0.1) is 5.82 Å². The standard InChI is InChI=1S/C14H22BFN2O2/c1-3-14-10-18(5-4-17(14)2)9-11-6-12(15(19)20)8-13(16)7-11/h6-8,14,19-20H,3-5,9-10H2,1-2H3. The van der Waals surface area contributed by atoms with Gasteiger partial charge in [0.2, 0.25) is 0 Å². The van der Waals surface area contributed by atoms with Crippen LogP contribution in [0.15, 0.2) is 18.2 Å². The van der Waals surface area contributed by atoms with Crippen LogP contribution in [-0.2, 0) is 6.54 Å². The third kappa shape index (κ3) is 3.79. The van der Waals surface area contributed by atoms with E-state index < -0.39 is 12.9 Å². The predicted molar refractivity (Wildman–Crippen MR) is 78.2 cm³/mol. The molecule has 1 fully saturated rings. The average molecular weight is 280 g/mol. The number of nitrogens with zero attached hydrogens (tertiary/aromatic N) is 2. The lowest BCUT2D eigenvalue weighted by atomic mass is 9.79. The molecule has 20 heavy (non-hydrogen) atoms. The summed E-state index contributed by atoms with van der Waals surface area (Å²) in [6, 6.07) is 4.81. The van der Waals surface area contributed by atoms with Gasteiger partial charge in [0.25, 0.3) is 0 Å². The Morgan fingerprint density at radius 3 is 2.70 bits per heavy atom. The number of likely N-dealkylation sites (N-methyl/N-ethyl adjacent to an activating group) is 1. The molecule has 1 heterocycles. The lowest BCUT2D eigenvalue weighted by Gasteiger charge is -2.39. The Labute approximate surface area is 120 Å². The molecule has 110 valence electrons. The number of hydrogen-bond donors (Lipinski definition) is 2. The smallest absolute Gasteiger partial charge is 0.423 e. The lowest BCUT2D eigenvalue weighted by molar-refractivity contribution is 0.0883. The molecule has 0 spiro atoms. The van der Waals surface area contributed by atoms with Gasteiger partial charge in [0, 0.05) is 32.2 Å². The molecule has 4 nitrogen and oxygen atoms in total. The van der Waals surface area contributed by atoms with Crippen LogP contribution in [0.3, 0.4) is 0 Å². The first kappa shape index (κ1) is 15.4. The maximum Gasteiger partial charge on any atom is 0.488 e. The van der Waals surface area contributed by atoms with E-state index in [2.05, 4.69) is 23.8 Å². The van der Waals surface area contributed by atoms with Crippen molar-refractivity contribution in [2.75, 3.05) is 26.7 Å². The zero-order valence-electron chi connectivity index (χ0n) is 12.1. The summed E-state index contributed by atoms with van der Waals surface area (Å²) in [4.78, 5) is 4.64. The molecule has 1 aliphatic heterocycles. The molecule has 2 N–H and O–H groups in total. The Hall–Kier alpha value is -0.945. The minimum Gasteiger partial charge on any atom is -0.423 e. The summed E-state index contributed by atoms with van der Waals surface area (Å²) in [6.07, 6.45) is 1.09. The maximum atomic E-state index is 13.5. The molecule has 0 saturated carbocycles. The number of halogens is 1. The first-order chi connectivity index (χ1) is 9.49. The summed E-state index contributed by atoms with van der Waals surface area (Å²) in [5.74, 6) is -0.424. The fraction of sp³-hybridized carbons (Fsp3) is 0.571. The highest BCUT2D eigenvalue weighted by Crippen LogP contribution is 2.14. The molecule has 2 rings (SSSR count). The highest BCUT2D eigenvalue weighted by Gasteiger charge is 2.23. The van der Waals surface area contributed by atoms with Gasteiger partial charge >= 0.3 is 7.12 Å². The molecule has 0 aromatic heterocycles. The summed E-state index contributed by atoms with van der Waals surface area (Å²) < 4.78 is 13.5. The molecule has 1 saturated heterocycles. The van der Waals surface area contributed by atoms with Crippen molar-refractivity contribution < 1.29 is 14.4 Å². The summed E-state index contributed by atoms with van der Waals surface area (Å²) in [5.41, 5.74) is 0.994. The first-order valence-electron chi connectivity index (χ1n) is 7.07. The van der Waals surface area contributed by atoms with Crippen molar-refractivity contribution in [3.63, 3.8) is 0 Å². The van der Waals surface area contributed by atoms with Gasteiger partial charge in [-0.25, -0.2) is 4.39 Å². The van der Waals surface area contributed by atoms with Crippen molar-refractivity contribution in [2.45, 2.75) is 25.9 Å². The molecule has 0 amide bonds. The predicted octanol–water partition coefficient (Wildman–Crippen LogP) is 0.0315. The van der Waals surface area contributed by atoms with Crippen LogP contribution in [-0.4, -0.2) is 59.7 Å². The van der Waals surface area contributed by atoms with E-state index in [4.69, 9.17) is 10.0 Å². The molecule has 0 aliphatic carbocycles. The normalized spacial score (nSPS) is 21.1. The lowest BCUT2D eigenvalue weighted by Crippen LogP contribution is -2.50. The van der Waals surface area contributed by atoms with Gasteiger partial charge in [0.15, 0.2) is 0 Å². The van der Waals surface area contributed by atoms with E-state index in [0.29, 0.717) is 12.6 Å². The van der Waals surface area contributed by atoms with Gasteiger partial charge in [-0.3, -0.25) is 4.90 Å². The summed E-state index contributed by atoms with van der Waals surface area (Å²) in [5, 5.41) is 18.3. The second-order valence-electron chi connectivity index (χ2n) is 5.54. The van der Waals surface area contributed by atoms with Crippen molar-refractivity contribution in [1.82, 2.24) is 9.80 Å². The van der Waals surface area contributed by atoms with Crippen LogP contribution in [0.2, 0.25) is 0 Å². The Morgan fingerprint density at radius 1 is 1.30 bits per heavy atom. The fourth-order valence-electron chi connectivity index (χ4n) is 2.77. The van der Waals surface area contributed by atoms with Crippen LogP contribution in [0.4, 0.5) is 4.39 Å². The Morgan fingerprint density at radius 2 is 2.05 bits per heavy atom. The van der Waals surface area contributed by atoms with Crippen LogP contribution < -0.4 is 5.46 Å². The maximum absolute atomic E-state index is 13.5. The van der Waals surface area contributed by atoms with Gasteiger partial charge in [-0.1, -0.05) is 13.0 Å². The highest BCUT2D eigenvalue weighted by molar-refractivity contribution is 6.58. The van der Waals surface area contributed by atoms with Crippen molar-refractivity contribution in [2.24, 2.45) is 0 Å². The molecule has 0 radical (unpaired) electrons. The van der Waals surface area contributed by atoms with Crippen molar-refractivity contribution >= 4 is 12.6 Å². The monoisotopic (exact) mass is 280 g/mol. The number of rotatable bonds is 4. The number of piperazine rings is 1. The average Bonchev–Trinajstić information content (AvgIpc) is 2.40. The third-order valence-corrected chi connectivity index (χ3v) is 4.02. The molecule has 1 aromatic rings. The van der Waals surface area contributed by atoms with E-state index >= 15 is 0 Å². The Kier molecular flexibility index (Phi) is 5.15. The minimum atomic E-state index is -1.62. The molecule has 0 bridgehead atoms. The largest absolute Gasteiger partial charge is 0.488 e. The molecule has 1 atom stereocenters. The zero-order chi connectivity index (χ0) is 14.7. The number of hydrogen-bond acceptors (Lipinski definition) is 4. The topological polar surface area (TPSA) is 46.9 Å². The van der Waals surface area contributed by atoms with Gasteiger partial charge < -0.3 is 14.9 Å². The van der Waals surface area contributed by atoms with E-state index in [1.54, 1.807) is 6.07 Å². The summed E-state index contributed by atoms with van der Waals surface area (Å²) >= 11 is 0. The molecule has 1 aromatic carbocycles. The van der Waals surface area contributed by atoms with Gasteiger partial charge in [0.05, 0.1) is 0 Å². The van der Waals surface area contributed by atoms with Gasteiger partial charge in [-0.15, -0.1) is 0 Å². The van der Waals surface area contributed by atoms with E-state index in [-0.39, 0.29) is 5.46 Å². The Balaban J connectivity index is 2.06. The Bertz CT molecular complexity index is 459. The van der Waals surface area contributed by atoms with E-state index in [1.165, 1.54) is 6.07 Å². The van der Waals surface area contributed by atoms with Crippen LogP contribution >= 0.6 is 0 Å². The summed E-state index contributed by atoms with van der Waals surface area (Å²) in [7, 11) is 0.508. The van der Waals surface area contributed by atoms with E-state index in [0.717, 1.165) is 37.7 Å². The summed E-state index contributed by atoms with van der Waals surface area (Å²) in [6.45, 7) is 5.72. The van der Waals surface area contributed by atoms with Crippen LogP contribution in [0.5, 0.6) is 0 Å². The fourth-order valence-corrected chi connectivity index (χ4v) is 2.77. The molecule has 1 unspecified atom stereocenters. The van der Waals surface area contributed by atoms with Crippen molar-refractivity contribution in [3.05, 3.63) is 29.6 Å². The molecular formula is C14H22BFN2O2.